The van der Waals surface area contributed by atoms with E-state index in [-0.39, 0.29) is 0 Å². The van der Waals surface area contributed by atoms with Crippen LogP contribution in [0, 0.1) is 17.8 Å². The zero-order valence-corrected chi connectivity index (χ0v) is 8.59. The van der Waals surface area contributed by atoms with Gasteiger partial charge in [-0.25, -0.2) is 0 Å². The molecule has 2 aliphatic carbocycles. The molecule has 74 valence electrons. The van der Waals surface area contributed by atoms with Crippen molar-refractivity contribution in [2.24, 2.45) is 17.8 Å². The van der Waals surface area contributed by atoms with Gasteiger partial charge in [0.1, 0.15) is 5.78 Å². The Balaban J connectivity index is 1.94. The standard InChI is InChI=1S/C12H20O/c1-2-3-9-6-7-11(13)8-12(9)10-4-5-10/h9-10,12H,2-8H2,1H3. The molecule has 0 aromatic carbocycles. The fraction of sp³-hybridized carbons (Fsp3) is 0.917. The summed E-state index contributed by atoms with van der Waals surface area (Å²) in [6.07, 6.45) is 8.42. The predicted molar refractivity (Wildman–Crippen MR) is 53.5 cm³/mol. The minimum Gasteiger partial charge on any atom is -0.300 e. The summed E-state index contributed by atoms with van der Waals surface area (Å²) in [7, 11) is 0. The van der Waals surface area contributed by atoms with Gasteiger partial charge in [-0.3, -0.25) is 4.79 Å². The van der Waals surface area contributed by atoms with E-state index >= 15 is 0 Å². The van der Waals surface area contributed by atoms with E-state index in [2.05, 4.69) is 6.92 Å². The lowest BCUT2D eigenvalue weighted by molar-refractivity contribution is -0.123. The van der Waals surface area contributed by atoms with Crippen molar-refractivity contribution in [3.8, 4) is 0 Å². The highest BCUT2D eigenvalue weighted by Gasteiger charge is 2.39. The Hall–Kier alpha value is -0.330. The Morgan fingerprint density at radius 2 is 2.08 bits per heavy atom. The molecule has 0 radical (unpaired) electrons. The summed E-state index contributed by atoms with van der Waals surface area (Å²) in [6.45, 7) is 2.26. The predicted octanol–water partition coefficient (Wildman–Crippen LogP) is 3.18. The molecule has 0 saturated heterocycles. The smallest absolute Gasteiger partial charge is 0.133 e. The number of Topliss-reactive ketones (excluding diaryl/α,β-unsaturated/α-hetero) is 1. The van der Waals surface area contributed by atoms with Crippen LogP contribution in [0.5, 0.6) is 0 Å². The first kappa shape index (κ1) is 9.23. The van der Waals surface area contributed by atoms with E-state index in [1.165, 1.54) is 32.1 Å². The summed E-state index contributed by atoms with van der Waals surface area (Å²) < 4.78 is 0. The molecular weight excluding hydrogens is 160 g/mol. The second-order valence-electron chi connectivity index (χ2n) is 4.83. The van der Waals surface area contributed by atoms with Gasteiger partial charge in [0.15, 0.2) is 0 Å². The van der Waals surface area contributed by atoms with E-state index in [0.717, 1.165) is 30.6 Å². The van der Waals surface area contributed by atoms with Crippen molar-refractivity contribution in [3.05, 3.63) is 0 Å². The fourth-order valence-corrected chi connectivity index (χ4v) is 2.90. The van der Waals surface area contributed by atoms with Gasteiger partial charge in [-0.1, -0.05) is 19.8 Å². The van der Waals surface area contributed by atoms with Gasteiger partial charge in [0, 0.05) is 12.8 Å². The van der Waals surface area contributed by atoms with E-state index in [1.54, 1.807) is 0 Å². The maximum absolute atomic E-state index is 11.4. The number of carbonyl (C=O) groups excluding carboxylic acids is 1. The molecule has 0 aromatic rings. The Morgan fingerprint density at radius 1 is 1.31 bits per heavy atom. The lowest BCUT2D eigenvalue weighted by atomic mass is 9.74. The summed E-state index contributed by atoms with van der Waals surface area (Å²) in [5.41, 5.74) is 0. The van der Waals surface area contributed by atoms with Crippen molar-refractivity contribution in [1.29, 1.82) is 0 Å². The molecule has 2 rings (SSSR count). The third-order valence-corrected chi connectivity index (χ3v) is 3.75. The molecule has 0 aliphatic heterocycles. The summed E-state index contributed by atoms with van der Waals surface area (Å²) in [4.78, 5) is 11.4. The van der Waals surface area contributed by atoms with Crippen LogP contribution in [-0.2, 0) is 4.79 Å². The van der Waals surface area contributed by atoms with Crippen molar-refractivity contribution < 1.29 is 4.79 Å². The van der Waals surface area contributed by atoms with E-state index in [9.17, 15) is 4.79 Å². The average molecular weight is 180 g/mol. The Bertz CT molecular complexity index is 193. The van der Waals surface area contributed by atoms with Crippen molar-refractivity contribution in [2.45, 2.75) is 51.9 Å². The second kappa shape index (κ2) is 3.81. The maximum atomic E-state index is 11.4. The van der Waals surface area contributed by atoms with Crippen LogP contribution in [0.1, 0.15) is 51.9 Å². The normalized spacial score (nSPS) is 35.0. The number of ketones is 1. The number of hydrogen-bond acceptors (Lipinski definition) is 1. The molecule has 2 atom stereocenters. The van der Waals surface area contributed by atoms with Gasteiger partial charge in [0.2, 0.25) is 0 Å². The molecule has 0 amide bonds. The van der Waals surface area contributed by atoms with E-state index in [1.807, 2.05) is 0 Å². The summed E-state index contributed by atoms with van der Waals surface area (Å²) in [5.74, 6) is 3.13. The largest absolute Gasteiger partial charge is 0.300 e. The summed E-state index contributed by atoms with van der Waals surface area (Å²) in [6, 6.07) is 0. The van der Waals surface area contributed by atoms with Gasteiger partial charge in [0.25, 0.3) is 0 Å². The molecule has 13 heavy (non-hydrogen) atoms. The molecule has 0 spiro atoms. The highest BCUT2D eigenvalue weighted by atomic mass is 16.1. The van der Waals surface area contributed by atoms with Crippen molar-refractivity contribution in [2.75, 3.05) is 0 Å². The van der Waals surface area contributed by atoms with Crippen LogP contribution >= 0.6 is 0 Å². The zero-order valence-electron chi connectivity index (χ0n) is 8.59. The highest BCUT2D eigenvalue weighted by Crippen LogP contribution is 2.47. The first-order valence-corrected chi connectivity index (χ1v) is 5.83. The van der Waals surface area contributed by atoms with Crippen molar-refractivity contribution in [1.82, 2.24) is 0 Å². The topological polar surface area (TPSA) is 17.1 Å². The minimum atomic E-state index is 0.532. The quantitative estimate of drug-likeness (QED) is 0.652. The van der Waals surface area contributed by atoms with Gasteiger partial charge < -0.3 is 0 Å². The third-order valence-electron chi connectivity index (χ3n) is 3.75. The van der Waals surface area contributed by atoms with Crippen LogP contribution in [0.15, 0.2) is 0 Å². The van der Waals surface area contributed by atoms with Gasteiger partial charge in [0.05, 0.1) is 0 Å². The van der Waals surface area contributed by atoms with Gasteiger partial charge in [-0.05, 0) is 37.0 Å². The molecule has 2 fully saturated rings. The van der Waals surface area contributed by atoms with Gasteiger partial charge >= 0.3 is 0 Å². The van der Waals surface area contributed by atoms with Crippen molar-refractivity contribution >= 4 is 5.78 Å². The molecule has 0 heterocycles. The second-order valence-corrected chi connectivity index (χ2v) is 4.83. The first-order valence-electron chi connectivity index (χ1n) is 5.83. The van der Waals surface area contributed by atoms with Crippen molar-refractivity contribution in [3.63, 3.8) is 0 Å². The van der Waals surface area contributed by atoms with Crippen LogP contribution in [0.4, 0.5) is 0 Å². The molecular formula is C12H20O. The molecule has 1 heteroatoms. The van der Waals surface area contributed by atoms with Crippen LogP contribution in [0.3, 0.4) is 0 Å². The Labute approximate surface area is 80.9 Å². The van der Waals surface area contributed by atoms with Crippen LogP contribution in [0.2, 0.25) is 0 Å². The van der Waals surface area contributed by atoms with E-state index in [0.29, 0.717) is 5.78 Å². The number of hydrogen-bond donors (Lipinski definition) is 0. The number of carbonyl (C=O) groups is 1. The molecule has 2 saturated carbocycles. The van der Waals surface area contributed by atoms with Crippen LogP contribution in [0.25, 0.3) is 0 Å². The van der Waals surface area contributed by atoms with Crippen LogP contribution < -0.4 is 0 Å². The molecule has 0 bridgehead atoms. The third kappa shape index (κ3) is 2.12. The van der Waals surface area contributed by atoms with Gasteiger partial charge in [-0.2, -0.15) is 0 Å². The highest BCUT2D eigenvalue weighted by molar-refractivity contribution is 5.79. The monoisotopic (exact) mass is 180 g/mol. The SMILES string of the molecule is CCCC1CCC(=O)CC1C1CC1. The lowest BCUT2D eigenvalue weighted by Crippen LogP contribution is -2.26. The molecule has 2 unspecified atom stereocenters. The number of rotatable bonds is 3. The molecule has 0 N–H and O–H groups in total. The van der Waals surface area contributed by atoms with Crippen LogP contribution in [-0.4, -0.2) is 5.78 Å². The van der Waals surface area contributed by atoms with Gasteiger partial charge in [-0.15, -0.1) is 0 Å². The summed E-state index contributed by atoms with van der Waals surface area (Å²) in [5, 5.41) is 0. The molecule has 0 aromatic heterocycles. The Kier molecular flexibility index (Phi) is 2.71. The van der Waals surface area contributed by atoms with E-state index < -0.39 is 0 Å². The average Bonchev–Trinajstić information content (AvgIpc) is 2.91. The molecule has 1 nitrogen and oxygen atoms in total. The minimum absolute atomic E-state index is 0.532. The zero-order chi connectivity index (χ0) is 9.26. The fourth-order valence-electron chi connectivity index (χ4n) is 2.90. The molecule has 2 aliphatic rings. The summed E-state index contributed by atoms with van der Waals surface area (Å²) >= 11 is 0. The Morgan fingerprint density at radius 3 is 2.69 bits per heavy atom. The maximum Gasteiger partial charge on any atom is 0.133 e. The van der Waals surface area contributed by atoms with E-state index in [4.69, 9.17) is 0 Å². The lowest BCUT2D eigenvalue weighted by Gasteiger charge is -2.30. The first-order chi connectivity index (χ1) is 6.31.